The summed E-state index contributed by atoms with van der Waals surface area (Å²) in [4.78, 5) is 38.6. The molecule has 0 aliphatic heterocycles. The number of nitrogens with zero attached hydrogens (tertiary/aromatic N) is 1. The van der Waals surface area contributed by atoms with E-state index in [4.69, 9.17) is 0 Å². The van der Waals surface area contributed by atoms with Gasteiger partial charge in [0.25, 0.3) is 0 Å². The predicted octanol–water partition coefficient (Wildman–Crippen LogP) is 2.72. The first kappa shape index (κ1) is 24.6. The molecule has 0 radical (unpaired) electrons. The highest BCUT2D eigenvalue weighted by Crippen LogP contribution is 2.17. The maximum Gasteiger partial charge on any atom is 0.244 e. The Hall–Kier alpha value is -1.43. The van der Waals surface area contributed by atoms with Crippen molar-refractivity contribution in [2.75, 3.05) is 7.05 Å². The fourth-order valence-corrected chi connectivity index (χ4v) is 2.98. The number of hydrogen-bond acceptors (Lipinski definition) is 4. The summed E-state index contributed by atoms with van der Waals surface area (Å²) in [5.41, 5.74) is -1.13. The molecule has 0 aromatic rings. The van der Waals surface area contributed by atoms with Gasteiger partial charge in [0.05, 0.1) is 0 Å². The van der Waals surface area contributed by atoms with Crippen LogP contribution in [0.5, 0.6) is 0 Å². The Morgan fingerprint density at radius 2 is 1.69 bits per heavy atom. The average molecular weight is 370 g/mol. The number of carbonyl (C=O) groups is 3. The molecule has 152 valence electrons. The van der Waals surface area contributed by atoms with E-state index < -0.39 is 11.7 Å². The molecule has 3 unspecified atom stereocenters. The monoisotopic (exact) mass is 369 g/mol. The maximum atomic E-state index is 12.9. The molecule has 0 aromatic heterocycles. The fraction of sp³-hybridized carbons (Fsp3) is 0.850. The summed E-state index contributed by atoms with van der Waals surface area (Å²) in [6.45, 7) is 14.0. The molecule has 0 aliphatic carbocycles. The van der Waals surface area contributed by atoms with Gasteiger partial charge in [0.15, 0.2) is 6.29 Å². The van der Waals surface area contributed by atoms with Crippen LogP contribution in [0, 0.1) is 11.8 Å². The zero-order valence-electron chi connectivity index (χ0n) is 17.9. The van der Waals surface area contributed by atoms with Crippen molar-refractivity contribution in [3.05, 3.63) is 0 Å². The number of likely N-dealkylation sites (N-methyl/N-ethyl adjacent to an activating group) is 1. The Balaban J connectivity index is 5.47. The van der Waals surface area contributed by atoms with Crippen molar-refractivity contribution in [2.24, 2.45) is 11.8 Å². The van der Waals surface area contributed by atoms with E-state index in [0.717, 1.165) is 12.7 Å². The Morgan fingerprint density at radius 1 is 1.12 bits per heavy atom. The van der Waals surface area contributed by atoms with Gasteiger partial charge in [-0.3, -0.25) is 19.7 Å². The zero-order valence-corrected chi connectivity index (χ0v) is 17.9. The van der Waals surface area contributed by atoms with Gasteiger partial charge in [-0.05, 0) is 38.0 Å². The molecule has 0 spiro atoms. The van der Waals surface area contributed by atoms with Gasteiger partial charge >= 0.3 is 0 Å². The van der Waals surface area contributed by atoms with Crippen molar-refractivity contribution in [2.45, 2.75) is 91.9 Å². The van der Waals surface area contributed by atoms with Crippen LogP contribution >= 0.6 is 0 Å². The van der Waals surface area contributed by atoms with Crippen LogP contribution in [0.2, 0.25) is 0 Å². The molecule has 0 rings (SSSR count). The normalized spacial score (nSPS) is 16.1. The van der Waals surface area contributed by atoms with Crippen LogP contribution in [0.15, 0.2) is 0 Å². The van der Waals surface area contributed by atoms with Gasteiger partial charge in [-0.25, -0.2) is 0 Å². The van der Waals surface area contributed by atoms with E-state index in [2.05, 4.69) is 24.5 Å². The molecular formula is C20H39N3O3. The Kier molecular flexibility index (Phi) is 10.7. The molecule has 0 aliphatic rings. The molecule has 26 heavy (non-hydrogen) atoms. The molecule has 0 bridgehead atoms. The van der Waals surface area contributed by atoms with Gasteiger partial charge in [0, 0.05) is 19.5 Å². The van der Waals surface area contributed by atoms with Crippen molar-refractivity contribution in [3.63, 3.8) is 0 Å². The van der Waals surface area contributed by atoms with Crippen LogP contribution in [0.1, 0.15) is 74.1 Å². The fourth-order valence-electron chi connectivity index (χ4n) is 2.98. The summed E-state index contributed by atoms with van der Waals surface area (Å²) < 4.78 is 0. The second-order valence-electron chi connectivity index (χ2n) is 8.03. The van der Waals surface area contributed by atoms with Crippen molar-refractivity contribution < 1.29 is 14.4 Å². The molecule has 6 nitrogen and oxygen atoms in total. The van der Waals surface area contributed by atoms with Crippen molar-refractivity contribution in [3.8, 4) is 0 Å². The molecule has 0 saturated carbocycles. The van der Waals surface area contributed by atoms with E-state index in [-0.39, 0.29) is 23.8 Å². The first-order valence-corrected chi connectivity index (χ1v) is 9.85. The highest BCUT2D eigenvalue weighted by atomic mass is 16.2. The molecule has 0 heterocycles. The first-order chi connectivity index (χ1) is 12.0. The molecule has 0 saturated heterocycles. The van der Waals surface area contributed by atoms with Crippen LogP contribution in [-0.2, 0) is 14.4 Å². The quantitative estimate of drug-likeness (QED) is 0.409. The Bertz CT molecular complexity index is 465. The molecule has 2 N–H and O–H groups in total. The molecule has 0 fully saturated rings. The molecular weight excluding hydrogens is 330 g/mol. The second kappa shape index (κ2) is 11.3. The average Bonchev–Trinajstić information content (AvgIpc) is 2.54. The summed E-state index contributed by atoms with van der Waals surface area (Å²) in [5, 5.41) is 6.22. The number of carbonyl (C=O) groups excluding carboxylic acids is 3. The lowest BCUT2D eigenvalue weighted by Crippen LogP contribution is -2.66. The van der Waals surface area contributed by atoms with Crippen LogP contribution < -0.4 is 10.6 Å². The van der Waals surface area contributed by atoms with Gasteiger partial charge in [-0.15, -0.1) is 0 Å². The number of rotatable bonds is 12. The smallest absolute Gasteiger partial charge is 0.244 e. The Labute approximate surface area is 159 Å². The van der Waals surface area contributed by atoms with Crippen LogP contribution in [-0.4, -0.2) is 47.8 Å². The first-order valence-electron chi connectivity index (χ1n) is 9.85. The third kappa shape index (κ3) is 7.44. The third-order valence-corrected chi connectivity index (χ3v) is 4.78. The van der Waals surface area contributed by atoms with Crippen molar-refractivity contribution in [1.29, 1.82) is 0 Å². The van der Waals surface area contributed by atoms with Crippen LogP contribution in [0.4, 0.5) is 0 Å². The predicted molar refractivity (Wildman–Crippen MR) is 106 cm³/mol. The highest BCUT2D eigenvalue weighted by Gasteiger charge is 2.37. The minimum Gasteiger partial charge on any atom is -0.334 e. The lowest BCUT2D eigenvalue weighted by Gasteiger charge is -2.38. The SMILES string of the molecule is CCCC(=O)N(C)C(CC)C(=O)NC(C=O)(CC(C)C)NC(C)C(C)C. The van der Waals surface area contributed by atoms with Gasteiger partial charge in [-0.1, -0.05) is 41.5 Å². The number of amides is 2. The minimum absolute atomic E-state index is 0.0544. The molecule has 2 amide bonds. The van der Waals surface area contributed by atoms with Crippen molar-refractivity contribution >= 4 is 18.1 Å². The summed E-state index contributed by atoms with van der Waals surface area (Å²) in [6, 6.07) is -0.532. The minimum atomic E-state index is -1.13. The van der Waals surface area contributed by atoms with E-state index in [1.54, 1.807) is 7.05 Å². The van der Waals surface area contributed by atoms with Crippen LogP contribution in [0.3, 0.4) is 0 Å². The van der Waals surface area contributed by atoms with Crippen molar-refractivity contribution in [1.82, 2.24) is 15.5 Å². The zero-order chi connectivity index (χ0) is 20.5. The Morgan fingerprint density at radius 3 is 2.08 bits per heavy atom. The molecule has 6 heteroatoms. The third-order valence-electron chi connectivity index (χ3n) is 4.78. The lowest BCUT2D eigenvalue weighted by atomic mass is 9.94. The topological polar surface area (TPSA) is 78.5 Å². The van der Waals surface area contributed by atoms with E-state index in [1.165, 1.54) is 4.90 Å². The van der Waals surface area contributed by atoms with Gasteiger partial charge < -0.3 is 10.2 Å². The molecule has 0 aromatic carbocycles. The number of hydrogen-bond donors (Lipinski definition) is 2. The lowest BCUT2D eigenvalue weighted by molar-refractivity contribution is -0.141. The molecule has 3 atom stereocenters. The second-order valence-corrected chi connectivity index (χ2v) is 8.03. The highest BCUT2D eigenvalue weighted by molar-refractivity contribution is 5.89. The standard InChI is InChI=1S/C20H39N3O3/c1-9-11-18(25)23(8)17(10-2)19(26)22-20(13-24,12-14(3)4)21-16(7)15(5)6/h13-17,21H,9-12H2,1-8H3,(H,22,26). The van der Waals surface area contributed by atoms with E-state index in [9.17, 15) is 14.4 Å². The number of nitrogens with one attached hydrogen (secondary N) is 2. The largest absolute Gasteiger partial charge is 0.334 e. The van der Waals surface area contributed by atoms with E-state index in [1.807, 2.05) is 34.6 Å². The van der Waals surface area contributed by atoms with Crippen LogP contribution in [0.25, 0.3) is 0 Å². The summed E-state index contributed by atoms with van der Waals surface area (Å²) in [6.07, 6.45) is 2.93. The maximum absolute atomic E-state index is 12.9. The van der Waals surface area contributed by atoms with Gasteiger partial charge in [0.1, 0.15) is 11.7 Å². The van der Waals surface area contributed by atoms with E-state index in [0.29, 0.717) is 25.2 Å². The van der Waals surface area contributed by atoms with E-state index >= 15 is 0 Å². The summed E-state index contributed by atoms with van der Waals surface area (Å²) >= 11 is 0. The van der Waals surface area contributed by atoms with Gasteiger partial charge in [0.2, 0.25) is 11.8 Å². The summed E-state index contributed by atoms with van der Waals surface area (Å²) in [5.74, 6) is 0.176. The van der Waals surface area contributed by atoms with Gasteiger partial charge in [-0.2, -0.15) is 0 Å². The number of aldehydes is 1. The summed E-state index contributed by atoms with van der Waals surface area (Å²) in [7, 11) is 1.65.